The molecule has 0 atom stereocenters. The molecule has 0 saturated carbocycles. The van der Waals surface area contributed by atoms with Gasteiger partial charge in [-0.3, -0.25) is 9.10 Å². The summed E-state index contributed by atoms with van der Waals surface area (Å²) in [7, 11) is -0.0936. The molecule has 180 valence electrons. The van der Waals surface area contributed by atoms with Gasteiger partial charge in [-0.1, -0.05) is 17.7 Å². The third kappa shape index (κ3) is 5.59. The molecular weight excluding hydrogens is 486 g/mol. The van der Waals surface area contributed by atoms with Crippen LogP contribution in [0.3, 0.4) is 0 Å². The van der Waals surface area contributed by atoms with Crippen molar-refractivity contribution in [3.63, 3.8) is 0 Å². The fraction of sp³-hybridized carbons (Fsp3) is 0.227. The van der Waals surface area contributed by atoms with Crippen LogP contribution in [0.1, 0.15) is 17.3 Å². The fourth-order valence-electron chi connectivity index (χ4n) is 2.82. The third-order valence-corrected chi connectivity index (χ3v) is 6.70. The Morgan fingerprint density at radius 1 is 1.15 bits per heavy atom. The molecule has 2 rings (SSSR count). The second-order valence-corrected chi connectivity index (χ2v) is 9.20. The van der Waals surface area contributed by atoms with E-state index < -0.39 is 28.4 Å². The molecule has 0 aliphatic carbocycles. The molecule has 2 aromatic carbocycles. The van der Waals surface area contributed by atoms with E-state index >= 15 is 0 Å². The highest BCUT2D eigenvalue weighted by molar-refractivity contribution is 7.92. The minimum absolute atomic E-state index is 0.00580. The van der Waals surface area contributed by atoms with Crippen molar-refractivity contribution in [2.24, 2.45) is 5.73 Å². The van der Waals surface area contributed by atoms with Crippen molar-refractivity contribution in [2.45, 2.75) is 11.8 Å². The van der Waals surface area contributed by atoms with Crippen LogP contribution in [0.5, 0.6) is 11.5 Å². The zero-order chi connectivity index (χ0) is 25.6. The summed E-state index contributed by atoms with van der Waals surface area (Å²) < 4.78 is 42.8. The highest BCUT2D eigenvalue weighted by atomic mass is 35.5. The summed E-state index contributed by atoms with van der Waals surface area (Å²) in [5.74, 6) is -1.24. The SMILES string of the molecule is COc1cc(OC)c(N(C)S(=O)(=O)c2cccc(C(=O)OCC(=O)/C(C#N)=C(/C)N)c2)cc1Cl. The van der Waals surface area contributed by atoms with Crippen molar-refractivity contribution >= 4 is 39.1 Å². The van der Waals surface area contributed by atoms with Crippen LogP contribution >= 0.6 is 11.6 Å². The summed E-state index contributed by atoms with van der Waals surface area (Å²) in [6, 6.07) is 9.53. The summed E-state index contributed by atoms with van der Waals surface area (Å²) in [5.41, 5.74) is 5.15. The molecule has 0 fully saturated rings. The Kier molecular flexibility index (Phi) is 8.51. The zero-order valence-corrected chi connectivity index (χ0v) is 20.4. The van der Waals surface area contributed by atoms with E-state index in [1.54, 1.807) is 6.07 Å². The third-order valence-electron chi connectivity index (χ3n) is 4.64. The predicted octanol–water partition coefficient (Wildman–Crippen LogP) is 2.66. The highest BCUT2D eigenvalue weighted by Crippen LogP contribution is 2.39. The van der Waals surface area contributed by atoms with Crippen LogP contribution in [0, 0.1) is 11.3 Å². The number of ether oxygens (including phenoxy) is 3. The molecule has 0 heterocycles. The number of anilines is 1. The van der Waals surface area contributed by atoms with Gasteiger partial charge in [0.1, 0.15) is 23.1 Å². The van der Waals surface area contributed by atoms with Gasteiger partial charge in [0, 0.05) is 18.8 Å². The maximum atomic E-state index is 13.2. The van der Waals surface area contributed by atoms with Gasteiger partial charge in [0.15, 0.2) is 6.61 Å². The first-order valence-electron chi connectivity index (χ1n) is 9.55. The number of sulfonamides is 1. The lowest BCUT2D eigenvalue weighted by atomic mass is 10.1. The molecule has 2 N–H and O–H groups in total. The lowest BCUT2D eigenvalue weighted by Crippen LogP contribution is -2.27. The monoisotopic (exact) mass is 507 g/mol. The Bertz CT molecular complexity index is 1300. The molecule has 10 nitrogen and oxygen atoms in total. The number of hydrogen-bond donors (Lipinski definition) is 1. The van der Waals surface area contributed by atoms with Gasteiger partial charge in [-0.05, 0) is 31.2 Å². The van der Waals surface area contributed by atoms with E-state index in [-0.39, 0.29) is 38.2 Å². The number of nitriles is 1. The Balaban J connectivity index is 2.33. The number of esters is 1. The fourth-order valence-corrected chi connectivity index (χ4v) is 4.30. The van der Waals surface area contributed by atoms with Crippen LogP contribution in [0.4, 0.5) is 5.69 Å². The molecule has 0 saturated heterocycles. The minimum atomic E-state index is -4.16. The van der Waals surface area contributed by atoms with E-state index in [9.17, 15) is 18.0 Å². The summed E-state index contributed by atoms with van der Waals surface area (Å²) in [4.78, 5) is 24.2. The molecule has 0 aliphatic heterocycles. The van der Waals surface area contributed by atoms with Crippen LogP contribution < -0.4 is 19.5 Å². The number of halogens is 1. The van der Waals surface area contributed by atoms with E-state index in [0.717, 1.165) is 10.4 Å². The van der Waals surface area contributed by atoms with E-state index in [4.69, 9.17) is 36.8 Å². The van der Waals surface area contributed by atoms with Crippen molar-refractivity contribution in [3.8, 4) is 17.6 Å². The summed E-state index contributed by atoms with van der Waals surface area (Å²) >= 11 is 6.16. The zero-order valence-electron chi connectivity index (χ0n) is 18.8. The first-order valence-corrected chi connectivity index (χ1v) is 11.4. The lowest BCUT2D eigenvalue weighted by Gasteiger charge is -2.23. The van der Waals surface area contributed by atoms with Crippen molar-refractivity contribution in [3.05, 3.63) is 58.3 Å². The first-order chi connectivity index (χ1) is 16.0. The van der Waals surface area contributed by atoms with Crippen LogP contribution in [0.25, 0.3) is 0 Å². The Morgan fingerprint density at radius 2 is 1.79 bits per heavy atom. The number of hydrogen-bond acceptors (Lipinski definition) is 9. The number of nitrogens with two attached hydrogens (primary N) is 1. The number of nitrogens with zero attached hydrogens (tertiary/aromatic N) is 2. The Labute approximate surface area is 202 Å². The minimum Gasteiger partial charge on any atom is -0.495 e. The quantitative estimate of drug-likeness (QED) is 0.307. The number of ketones is 1. The van der Waals surface area contributed by atoms with Crippen LogP contribution in [0.15, 0.2) is 52.6 Å². The molecule has 0 spiro atoms. The van der Waals surface area contributed by atoms with Gasteiger partial charge < -0.3 is 19.9 Å². The topological polar surface area (TPSA) is 149 Å². The second kappa shape index (κ2) is 10.9. The van der Waals surface area contributed by atoms with E-state index in [2.05, 4.69) is 0 Å². The maximum absolute atomic E-state index is 13.2. The second-order valence-electron chi connectivity index (χ2n) is 6.83. The number of carbonyl (C=O) groups is 2. The number of Topliss-reactive ketones (excluding diaryl/α,β-unsaturated/α-hetero) is 1. The first kappa shape index (κ1) is 26.5. The molecule has 34 heavy (non-hydrogen) atoms. The number of allylic oxidation sites excluding steroid dienone is 1. The van der Waals surface area contributed by atoms with Crippen molar-refractivity contribution in [2.75, 3.05) is 32.2 Å². The van der Waals surface area contributed by atoms with Gasteiger partial charge in [-0.25, -0.2) is 13.2 Å². The molecular formula is C22H22ClN3O7S. The maximum Gasteiger partial charge on any atom is 0.338 e. The normalized spacial score (nSPS) is 11.6. The van der Waals surface area contributed by atoms with Crippen molar-refractivity contribution in [1.29, 1.82) is 5.26 Å². The molecule has 0 aliphatic rings. The van der Waals surface area contributed by atoms with Crippen LogP contribution in [-0.2, 0) is 19.6 Å². The highest BCUT2D eigenvalue weighted by Gasteiger charge is 2.26. The molecule has 0 amide bonds. The Morgan fingerprint density at radius 3 is 2.35 bits per heavy atom. The number of rotatable bonds is 9. The molecule has 2 aromatic rings. The molecule has 0 radical (unpaired) electrons. The number of carbonyl (C=O) groups excluding carboxylic acids is 2. The Hall–Kier alpha value is -3.75. The predicted molar refractivity (Wildman–Crippen MR) is 124 cm³/mol. The van der Waals surface area contributed by atoms with Gasteiger partial charge in [0.05, 0.1) is 35.4 Å². The van der Waals surface area contributed by atoms with Crippen molar-refractivity contribution < 1.29 is 32.2 Å². The van der Waals surface area contributed by atoms with Gasteiger partial charge in [-0.2, -0.15) is 5.26 Å². The summed E-state index contributed by atoms with van der Waals surface area (Å²) in [5, 5.41) is 9.13. The van der Waals surface area contributed by atoms with Gasteiger partial charge in [0.25, 0.3) is 10.0 Å². The largest absolute Gasteiger partial charge is 0.495 e. The van der Waals surface area contributed by atoms with Gasteiger partial charge in [0.2, 0.25) is 5.78 Å². The summed E-state index contributed by atoms with van der Waals surface area (Å²) in [6.45, 7) is 0.642. The van der Waals surface area contributed by atoms with E-state index in [1.165, 1.54) is 58.5 Å². The lowest BCUT2D eigenvalue weighted by molar-refractivity contribution is -0.118. The van der Waals surface area contributed by atoms with Gasteiger partial charge >= 0.3 is 5.97 Å². The van der Waals surface area contributed by atoms with Gasteiger partial charge in [-0.15, -0.1) is 0 Å². The smallest absolute Gasteiger partial charge is 0.338 e. The molecule has 12 heteroatoms. The van der Waals surface area contributed by atoms with E-state index in [1.807, 2.05) is 0 Å². The van der Waals surface area contributed by atoms with Crippen molar-refractivity contribution in [1.82, 2.24) is 0 Å². The standard InChI is InChI=1S/C22H22ClN3O7S/c1-13(25)16(11-24)19(27)12-33-22(28)14-6-5-7-15(8-14)34(29,30)26(2)18-9-17(23)20(31-3)10-21(18)32-4/h5-10H,12,25H2,1-4H3/b16-13-. The number of benzene rings is 2. The molecule has 0 bridgehead atoms. The average Bonchev–Trinajstić information content (AvgIpc) is 2.82. The van der Waals surface area contributed by atoms with E-state index in [0.29, 0.717) is 5.75 Å². The molecule has 0 aromatic heterocycles. The average molecular weight is 508 g/mol. The summed E-state index contributed by atoms with van der Waals surface area (Å²) in [6.07, 6.45) is 0. The number of methoxy groups -OCH3 is 2. The van der Waals surface area contributed by atoms with Crippen LogP contribution in [-0.4, -0.2) is 48.0 Å². The molecule has 0 unspecified atom stereocenters. The van der Waals surface area contributed by atoms with Crippen LogP contribution in [0.2, 0.25) is 5.02 Å².